The van der Waals surface area contributed by atoms with Gasteiger partial charge in [-0.1, -0.05) is 45.7 Å². The number of hydrogen-bond acceptors (Lipinski definition) is 4. The van der Waals surface area contributed by atoms with Crippen LogP contribution in [0.1, 0.15) is 36.5 Å². The summed E-state index contributed by atoms with van der Waals surface area (Å²) in [7, 11) is 0. The van der Waals surface area contributed by atoms with Crippen LogP contribution in [0.2, 0.25) is 0 Å². The first-order chi connectivity index (χ1) is 14.1. The van der Waals surface area contributed by atoms with Crippen molar-refractivity contribution < 1.29 is 14.6 Å². The van der Waals surface area contributed by atoms with E-state index in [0.29, 0.717) is 11.1 Å². The molecule has 3 rings (SSSR count). The molecule has 0 aliphatic heterocycles. The van der Waals surface area contributed by atoms with Crippen molar-refractivity contribution in [3.05, 3.63) is 48.3 Å². The van der Waals surface area contributed by atoms with Gasteiger partial charge >= 0.3 is 5.91 Å². The van der Waals surface area contributed by atoms with E-state index in [1.54, 1.807) is 0 Å². The Morgan fingerprint density at radius 2 is 1.87 bits per heavy atom. The van der Waals surface area contributed by atoms with Crippen molar-refractivity contribution in [2.45, 2.75) is 33.6 Å². The molecule has 0 bridgehead atoms. The molecular weight excluding hydrogens is 582 g/mol. The number of nitrogens with one attached hydrogen (secondary N) is 1. The molecule has 0 aliphatic carbocycles. The second-order valence-electron chi connectivity index (χ2n) is 7.24. The summed E-state index contributed by atoms with van der Waals surface area (Å²) in [5.41, 5.74) is 3.84. The molecule has 0 atom stereocenters. The molecule has 30 heavy (non-hydrogen) atoms. The van der Waals surface area contributed by atoms with Gasteiger partial charge in [0, 0.05) is 19.9 Å². The minimum absolute atomic E-state index is 0.142. The summed E-state index contributed by atoms with van der Waals surface area (Å²) in [5, 5.41) is 18.6. The number of benzene rings is 2. The number of aromatic nitrogens is 1. The molecule has 0 saturated heterocycles. The second kappa shape index (κ2) is 9.20. The number of carbonyl (C=O) groups excluding carboxylic acids is 1. The number of amides is 1. The monoisotopic (exact) mass is 599 g/mol. The molecule has 1 amide bonds. The van der Waals surface area contributed by atoms with Gasteiger partial charge in [0.2, 0.25) is 5.88 Å². The minimum atomic E-state index is -0.560. The maximum absolute atomic E-state index is 12.3. The average molecular weight is 602 g/mol. The summed E-state index contributed by atoms with van der Waals surface area (Å²) in [4.78, 5) is 15.2. The van der Waals surface area contributed by atoms with E-state index in [9.17, 15) is 9.90 Å². The van der Waals surface area contributed by atoms with Crippen molar-refractivity contribution in [2.75, 3.05) is 6.61 Å². The fourth-order valence-corrected chi connectivity index (χ4v) is 5.18. The summed E-state index contributed by atoms with van der Waals surface area (Å²) in [6.07, 6.45) is 0. The molecule has 1 aromatic heterocycles. The number of nitrogens with zero attached hydrogens (tertiary/aromatic N) is 2. The van der Waals surface area contributed by atoms with Crippen molar-refractivity contribution >= 4 is 70.3 Å². The zero-order valence-corrected chi connectivity index (χ0v) is 21.6. The highest BCUT2D eigenvalue weighted by atomic mass is 79.9. The van der Waals surface area contributed by atoms with E-state index in [1.165, 1.54) is 0 Å². The van der Waals surface area contributed by atoms with E-state index >= 15 is 0 Å². The van der Waals surface area contributed by atoms with E-state index in [1.807, 2.05) is 32.0 Å². The van der Waals surface area contributed by atoms with Gasteiger partial charge < -0.3 is 14.8 Å². The van der Waals surface area contributed by atoms with Gasteiger partial charge in [-0.2, -0.15) is 0 Å². The fourth-order valence-electron chi connectivity index (χ4n) is 3.19. The molecule has 158 valence electrons. The molecule has 6 nitrogen and oxygen atoms in total. The summed E-state index contributed by atoms with van der Waals surface area (Å²) < 4.78 is 8.38. The Hall–Kier alpha value is -1.71. The van der Waals surface area contributed by atoms with Gasteiger partial charge in [-0.25, -0.2) is 0 Å². The van der Waals surface area contributed by atoms with Crippen molar-refractivity contribution in [3.8, 4) is 11.6 Å². The summed E-state index contributed by atoms with van der Waals surface area (Å²) in [6.45, 7) is 7.69. The van der Waals surface area contributed by atoms with Crippen LogP contribution in [0.5, 0.6) is 11.6 Å². The number of aryl methyl sites for hydroxylation is 2. The molecule has 0 fully saturated rings. The SMILES string of the molecule is Cc1cc(Br)c(C(C)C)c(OCC(=O)N=Nc2c(O)[nH]c3c(C)cc(Br)cc23)c1Br. The van der Waals surface area contributed by atoms with Gasteiger partial charge in [-0.05, 0) is 65.0 Å². The largest absolute Gasteiger partial charge is 0.493 e. The Bertz CT molecular complexity index is 1170. The Morgan fingerprint density at radius 1 is 1.17 bits per heavy atom. The van der Waals surface area contributed by atoms with Crippen LogP contribution in [0, 0.1) is 13.8 Å². The van der Waals surface area contributed by atoms with Gasteiger partial charge in [0.15, 0.2) is 12.3 Å². The fraction of sp³-hybridized carbons (Fsp3) is 0.286. The number of azo groups is 1. The molecule has 1 heterocycles. The molecule has 9 heteroatoms. The number of rotatable bonds is 5. The topological polar surface area (TPSA) is 87.0 Å². The van der Waals surface area contributed by atoms with Crippen LogP contribution in [0.3, 0.4) is 0 Å². The van der Waals surface area contributed by atoms with Gasteiger partial charge in [-0.3, -0.25) is 4.79 Å². The number of H-pyrrole nitrogens is 1. The maximum Gasteiger partial charge on any atom is 0.302 e. The van der Waals surface area contributed by atoms with Gasteiger partial charge in [0.1, 0.15) is 5.75 Å². The predicted molar refractivity (Wildman–Crippen MR) is 128 cm³/mol. The zero-order valence-electron chi connectivity index (χ0n) is 16.8. The first-order valence-electron chi connectivity index (χ1n) is 9.16. The lowest BCUT2D eigenvalue weighted by atomic mass is 10.0. The third-order valence-electron chi connectivity index (χ3n) is 4.59. The lowest BCUT2D eigenvalue weighted by Crippen LogP contribution is -2.11. The molecule has 0 saturated carbocycles. The number of aromatic hydroxyl groups is 1. The normalized spacial score (nSPS) is 11.7. The average Bonchev–Trinajstić information content (AvgIpc) is 2.97. The van der Waals surface area contributed by atoms with Crippen LogP contribution in [-0.2, 0) is 4.79 Å². The Kier molecular flexibility index (Phi) is 7.04. The first-order valence-corrected chi connectivity index (χ1v) is 11.5. The van der Waals surface area contributed by atoms with Crippen molar-refractivity contribution in [2.24, 2.45) is 10.2 Å². The number of aromatic amines is 1. The third-order valence-corrected chi connectivity index (χ3v) is 6.69. The highest BCUT2D eigenvalue weighted by molar-refractivity contribution is 9.11. The molecule has 2 N–H and O–H groups in total. The van der Waals surface area contributed by atoms with Gasteiger partial charge in [0.25, 0.3) is 0 Å². The van der Waals surface area contributed by atoms with E-state index in [-0.39, 0.29) is 24.1 Å². The molecule has 0 aliphatic rings. The van der Waals surface area contributed by atoms with Crippen LogP contribution in [0.4, 0.5) is 5.69 Å². The molecule has 0 unspecified atom stereocenters. The lowest BCUT2D eigenvalue weighted by molar-refractivity contribution is -0.120. The zero-order chi connectivity index (χ0) is 22.2. The number of ether oxygens (including phenoxy) is 1. The lowest BCUT2D eigenvalue weighted by Gasteiger charge is -2.18. The third kappa shape index (κ3) is 4.63. The second-order valence-corrected chi connectivity index (χ2v) is 9.80. The molecule has 3 aromatic rings. The summed E-state index contributed by atoms with van der Waals surface area (Å²) in [5.74, 6) is 0.0913. The number of carbonyl (C=O) groups is 1. The summed E-state index contributed by atoms with van der Waals surface area (Å²) >= 11 is 10.6. The molecule has 0 spiro atoms. The summed E-state index contributed by atoms with van der Waals surface area (Å²) in [6, 6.07) is 5.74. The molecule has 0 radical (unpaired) electrons. The van der Waals surface area contributed by atoms with Crippen molar-refractivity contribution in [3.63, 3.8) is 0 Å². The van der Waals surface area contributed by atoms with Crippen LogP contribution < -0.4 is 4.74 Å². The minimum Gasteiger partial charge on any atom is -0.493 e. The number of halogens is 3. The quantitative estimate of drug-likeness (QED) is 0.295. The Morgan fingerprint density at radius 3 is 2.53 bits per heavy atom. The van der Waals surface area contributed by atoms with Crippen LogP contribution in [-0.4, -0.2) is 22.6 Å². The Labute approximate surface area is 199 Å². The Balaban J connectivity index is 1.84. The van der Waals surface area contributed by atoms with Crippen LogP contribution in [0.15, 0.2) is 41.8 Å². The highest BCUT2D eigenvalue weighted by Gasteiger charge is 2.19. The van der Waals surface area contributed by atoms with E-state index in [4.69, 9.17) is 4.74 Å². The van der Waals surface area contributed by atoms with E-state index < -0.39 is 5.91 Å². The number of hydrogen-bond donors (Lipinski definition) is 2. The maximum atomic E-state index is 12.3. The highest BCUT2D eigenvalue weighted by Crippen LogP contribution is 2.41. The van der Waals surface area contributed by atoms with Gasteiger partial charge in [0.05, 0.1) is 9.99 Å². The number of fused-ring (bicyclic) bond motifs is 1. The molecule has 2 aromatic carbocycles. The van der Waals surface area contributed by atoms with E-state index in [0.717, 1.165) is 35.6 Å². The first kappa shape index (κ1) is 23.0. The van der Waals surface area contributed by atoms with Gasteiger partial charge in [-0.15, -0.1) is 10.2 Å². The van der Waals surface area contributed by atoms with Crippen LogP contribution >= 0.6 is 47.8 Å². The smallest absolute Gasteiger partial charge is 0.302 e. The van der Waals surface area contributed by atoms with E-state index in [2.05, 4.69) is 76.8 Å². The van der Waals surface area contributed by atoms with Crippen LogP contribution in [0.25, 0.3) is 10.9 Å². The predicted octanol–water partition coefficient (Wildman–Crippen LogP) is 7.59. The standard InChI is InChI=1S/C21H20Br3N3O3/c1-9(2)16-14(23)6-10(3)17(24)20(16)30-8-15(28)26-27-19-13-7-12(22)5-11(4)18(13)25-21(19)29/h5-7,9,25,29H,8H2,1-4H3. The molecular formula is C21H20Br3N3O3. The van der Waals surface area contributed by atoms with Crippen molar-refractivity contribution in [1.29, 1.82) is 0 Å². The van der Waals surface area contributed by atoms with Crippen molar-refractivity contribution in [1.82, 2.24) is 4.98 Å².